The van der Waals surface area contributed by atoms with Crippen molar-refractivity contribution in [2.24, 2.45) is 0 Å². The van der Waals surface area contributed by atoms with Crippen molar-refractivity contribution in [2.45, 2.75) is 45.1 Å². The predicted molar refractivity (Wildman–Crippen MR) is 132 cm³/mol. The van der Waals surface area contributed by atoms with Crippen LogP contribution in [0.1, 0.15) is 36.8 Å². The number of amides is 1. The highest BCUT2D eigenvalue weighted by Gasteiger charge is 2.20. The van der Waals surface area contributed by atoms with Gasteiger partial charge in [-0.05, 0) is 36.9 Å². The molecule has 0 heterocycles. The molecule has 1 amide bonds. The van der Waals surface area contributed by atoms with E-state index in [-0.39, 0.29) is 13.2 Å². The summed E-state index contributed by atoms with van der Waals surface area (Å²) in [6, 6.07) is 18.7. The maximum absolute atomic E-state index is 12.4. The van der Waals surface area contributed by atoms with Gasteiger partial charge in [-0.1, -0.05) is 67.1 Å². The van der Waals surface area contributed by atoms with Crippen LogP contribution in [0.4, 0.5) is 0 Å². The molecule has 0 saturated heterocycles. The summed E-state index contributed by atoms with van der Waals surface area (Å²) in [5.41, 5.74) is 1.75. The lowest BCUT2D eigenvalue weighted by atomic mass is 10.1. The van der Waals surface area contributed by atoms with Gasteiger partial charge in [-0.15, -0.1) is 0 Å². The van der Waals surface area contributed by atoms with Crippen LogP contribution < -0.4 is 10.6 Å². The fourth-order valence-electron chi connectivity index (χ4n) is 3.11. The van der Waals surface area contributed by atoms with Gasteiger partial charge in [0.2, 0.25) is 0 Å². The molecule has 0 fully saturated rings. The highest BCUT2D eigenvalue weighted by Crippen LogP contribution is 2.09. The van der Waals surface area contributed by atoms with Gasteiger partial charge in [0.05, 0.1) is 19.5 Å². The molecule has 35 heavy (non-hydrogen) atoms. The standard InChI is InChI=1S/C25H34N2O7S/c1-35(30,31)34-18-17-26-16-10-4-9-15-23(32-19-21-11-5-2-6-12-21)27-24(28)25(29)33-20-22-13-7-3-8-14-22/h2-3,5-8,11-14,23,26H,4,9-10,15-20H2,1H3,(H,27,28). The van der Waals surface area contributed by atoms with Crippen LogP contribution in [0.25, 0.3) is 0 Å². The largest absolute Gasteiger partial charge is 0.454 e. The van der Waals surface area contributed by atoms with Crippen LogP contribution in [-0.4, -0.2) is 52.5 Å². The van der Waals surface area contributed by atoms with Crippen LogP contribution in [0.5, 0.6) is 0 Å². The Kier molecular flexibility index (Phi) is 13.0. The summed E-state index contributed by atoms with van der Waals surface area (Å²) >= 11 is 0. The zero-order valence-corrected chi connectivity index (χ0v) is 20.8. The molecule has 0 aromatic heterocycles. The van der Waals surface area contributed by atoms with Crippen molar-refractivity contribution in [3.63, 3.8) is 0 Å². The van der Waals surface area contributed by atoms with Crippen molar-refractivity contribution < 1.29 is 31.7 Å². The molecule has 2 N–H and O–H groups in total. The van der Waals surface area contributed by atoms with E-state index in [0.29, 0.717) is 26.1 Å². The normalized spacial score (nSPS) is 12.1. The molecule has 9 nitrogen and oxygen atoms in total. The van der Waals surface area contributed by atoms with Gasteiger partial charge in [-0.25, -0.2) is 4.79 Å². The second-order valence-electron chi connectivity index (χ2n) is 7.95. The van der Waals surface area contributed by atoms with E-state index < -0.39 is 28.2 Å². The summed E-state index contributed by atoms with van der Waals surface area (Å²) in [7, 11) is -3.42. The summed E-state index contributed by atoms with van der Waals surface area (Å²) in [6.45, 7) is 1.57. The summed E-state index contributed by atoms with van der Waals surface area (Å²) in [4.78, 5) is 24.5. The van der Waals surface area contributed by atoms with Crippen molar-refractivity contribution in [1.82, 2.24) is 10.6 Å². The molecule has 2 rings (SSSR count). The Balaban J connectivity index is 1.73. The molecule has 0 aliphatic heterocycles. The molecule has 0 spiro atoms. The topological polar surface area (TPSA) is 120 Å². The Morgan fingerprint density at radius 1 is 0.857 bits per heavy atom. The molecule has 2 aromatic rings. The molecule has 0 aliphatic carbocycles. The first-order valence-electron chi connectivity index (χ1n) is 11.6. The molecule has 192 valence electrons. The lowest BCUT2D eigenvalue weighted by molar-refractivity contribution is -0.158. The fraction of sp³-hybridized carbons (Fsp3) is 0.440. The third-order valence-corrected chi connectivity index (χ3v) is 5.48. The molecule has 0 aliphatic rings. The van der Waals surface area contributed by atoms with Crippen molar-refractivity contribution in [3.05, 3.63) is 71.8 Å². The van der Waals surface area contributed by atoms with Gasteiger partial charge in [0.1, 0.15) is 12.8 Å². The number of unbranched alkanes of at least 4 members (excludes halogenated alkanes) is 2. The van der Waals surface area contributed by atoms with Crippen LogP contribution in [-0.2, 0) is 46.6 Å². The Bertz CT molecular complexity index is 985. The minimum absolute atomic E-state index is 0.0187. The van der Waals surface area contributed by atoms with Crippen LogP contribution in [0.15, 0.2) is 60.7 Å². The van der Waals surface area contributed by atoms with Gasteiger partial charge in [0, 0.05) is 6.54 Å². The first-order valence-corrected chi connectivity index (χ1v) is 13.4. The highest BCUT2D eigenvalue weighted by molar-refractivity contribution is 7.85. The van der Waals surface area contributed by atoms with Crippen molar-refractivity contribution in [1.29, 1.82) is 0 Å². The average Bonchev–Trinajstić information content (AvgIpc) is 2.85. The number of hydrogen-bond donors (Lipinski definition) is 2. The first-order chi connectivity index (χ1) is 16.8. The Labute approximate surface area is 207 Å². The molecule has 10 heteroatoms. The monoisotopic (exact) mass is 506 g/mol. The number of hydrogen-bond acceptors (Lipinski definition) is 8. The lowest BCUT2D eigenvalue weighted by Crippen LogP contribution is -2.41. The van der Waals surface area contributed by atoms with Gasteiger partial charge >= 0.3 is 11.9 Å². The molecule has 1 unspecified atom stereocenters. The van der Waals surface area contributed by atoms with Gasteiger partial charge in [0.15, 0.2) is 0 Å². The van der Waals surface area contributed by atoms with E-state index in [9.17, 15) is 18.0 Å². The van der Waals surface area contributed by atoms with E-state index in [1.54, 1.807) is 0 Å². The Hall–Kier alpha value is -2.79. The maximum Gasteiger partial charge on any atom is 0.397 e. The first kappa shape index (κ1) is 28.4. The summed E-state index contributed by atoms with van der Waals surface area (Å²) in [5.74, 6) is -1.80. The van der Waals surface area contributed by atoms with Crippen LogP contribution >= 0.6 is 0 Å². The summed E-state index contributed by atoms with van der Waals surface area (Å²) in [6.07, 6.45) is 3.40. The van der Waals surface area contributed by atoms with Crippen LogP contribution in [0.2, 0.25) is 0 Å². The third-order valence-electron chi connectivity index (χ3n) is 4.88. The number of rotatable bonds is 16. The Morgan fingerprint density at radius 2 is 1.49 bits per heavy atom. The van der Waals surface area contributed by atoms with E-state index >= 15 is 0 Å². The maximum atomic E-state index is 12.4. The van der Waals surface area contributed by atoms with Crippen molar-refractivity contribution in [2.75, 3.05) is 26.0 Å². The average molecular weight is 507 g/mol. The van der Waals surface area contributed by atoms with Gasteiger partial charge in [-0.3, -0.25) is 8.98 Å². The van der Waals surface area contributed by atoms with Crippen molar-refractivity contribution >= 4 is 22.0 Å². The van der Waals surface area contributed by atoms with E-state index in [1.165, 1.54) is 0 Å². The molecule has 2 aromatic carbocycles. The molecular weight excluding hydrogens is 472 g/mol. The molecule has 0 saturated carbocycles. The van der Waals surface area contributed by atoms with E-state index in [1.807, 2.05) is 60.7 Å². The number of nitrogens with one attached hydrogen (secondary N) is 2. The predicted octanol–water partition coefficient (Wildman–Crippen LogP) is 2.52. The fourth-order valence-corrected chi connectivity index (χ4v) is 3.49. The summed E-state index contributed by atoms with van der Waals surface area (Å²) < 4.78 is 37.5. The second kappa shape index (κ2) is 16.0. The van der Waals surface area contributed by atoms with Gasteiger partial charge in [0.25, 0.3) is 10.1 Å². The number of esters is 1. The van der Waals surface area contributed by atoms with Crippen LogP contribution in [0, 0.1) is 0 Å². The number of ether oxygens (including phenoxy) is 2. The zero-order chi connectivity index (χ0) is 25.4. The lowest BCUT2D eigenvalue weighted by Gasteiger charge is -2.19. The molecule has 0 radical (unpaired) electrons. The Morgan fingerprint density at radius 3 is 2.11 bits per heavy atom. The number of carbonyl (C=O) groups excluding carboxylic acids is 2. The third kappa shape index (κ3) is 13.6. The number of carbonyl (C=O) groups is 2. The van der Waals surface area contributed by atoms with Crippen molar-refractivity contribution in [3.8, 4) is 0 Å². The quantitative estimate of drug-likeness (QED) is 0.117. The SMILES string of the molecule is CS(=O)(=O)OCCNCCCCCC(NC(=O)C(=O)OCc1ccccc1)OCc1ccccc1. The molecule has 1 atom stereocenters. The van der Waals surface area contributed by atoms with Gasteiger partial charge < -0.3 is 20.1 Å². The van der Waals surface area contributed by atoms with E-state index in [0.717, 1.165) is 36.6 Å². The van der Waals surface area contributed by atoms with Crippen LogP contribution in [0.3, 0.4) is 0 Å². The van der Waals surface area contributed by atoms with Gasteiger partial charge in [-0.2, -0.15) is 8.42 Å². The summed E-state index contributed by atoms with van der Waals surface area (Å²) in [5, 5.41) is 5.75. The molecule has 0 bridgehead atoms. The van der Waals surface area contributed by atoms with E-state index in [4.69, 9.17) is 9.47 Å². The second-order valence-corrected chi connectivity index (χ2v) is 9.59. The zero-order valence-electron chi connectivity index (χ0n) is 20.0. The highest BCUT2D eigenvalue weighted by atomic mass is 32.2. The minimum Gasteiger partial charge on any atom is -0.454 e. The minimum atomic E-state index is -3.42. The smallest absolute Gasteiger partial charge is 0.397 e. The van der Waals surface area contributed by atoms with E-state index in [2.05, 4.69) is 14.8 Å². The molecular formula is C25H34N2O7S. The number of benzene rings is 2.